The smallest absolute Gasteiger partial charge is 0.325 e. The molecule has 8 rings (SSSR count). The highest BCUT2D eigenvalue weighted by atomic mass is 32.5. The molecule has 2 bridgehead atoms. The first kappa shape index (κ1) is 30.7. The third-order valence-corrected chi connectivity index (χ3v) is 10.9. The van der Waals surface area contributed by atoms with Crippen molar-refractivity contribution in [2.24, 2.45) is 0 Å². The van der Waals surface area contributed by atoms with Gasteiger partial charge < -0.3 is 48.9 Å². The second kappa shape index (κ2) is 10.9. The number of nitrogens with zero attached hydrogens (tertiary/aromatic N) is 7. The first-order chi connectivity index (χ1) is 22.0. The molecule has 0 saturated carbocycles. The molecule has 0 spiro atoms. The molecule has 4 unspecified atom stereocenters. The van der Waals surface area contributed by atoms with Crippen LogP contribution in [-0.4, -0.2) is 110 Å². The van der Waals surface area contributed by atoms with Gasteiger partial charge in [-0.3, -0.25) is 18.2 Å². The van der Waals surface area contributed by atoms with Crippen LogP contribution in [0.15, 0.2) is 31.2 Å². The summed E-state index contributed by atoms with van der Waals surface area (Å²) in [6.07, 6.45) is -1.08. The monoisotopic (exact) mass is 693 g/mol. The molecule has 4 aromatic rings. The Morgan fingerprint density at radius 3 is 2.61 bits per heavy atom. The van der Waals surface area contributed by atoms with Gasteiger partial charge in [0.2, 0.25) is 7.57 Å². The van der Waals surface area contributed by atoms with Gasteiger partial charge in [-0.15, -0.1) is 0 Å². The van der Waals surface area contributed by atoms with Crippen LogP contribution in [0.4, 0.5) is 11.5 Å². The summed E-state index contributed by atoms with van der Waals surface area (Å²) in [5, 5.41) is 0. The van der Waals surface area contributed by atoms with Crippen LogP contribution in [0.3, 0.4) is 0 Å². The molecule has 2 radical (unpaired) electrons. The number of ether oxygens (including phenoxy) is 4. The number of aromatic nitrogens is 7. The quantitative estimate of drug-likeness (QED) is 0.193. The highest BCUT2D eigenvalue weighted by Gasteiger charge is 2.65. The largest absolute Gasteiger partial charge is 0.397 e. The maximum atomic E-state index is 13.7. The minimum Gasteiger partial charge on any atom is -0.397 e. The summed E-state index contributed by atoms with van der Waals surface area (Å²) in [6, 6.07) is 1.62. The van der Waals surface area contributed by atoms with Gasteiger partial charge in [0.25, 0.3) is 7.47 Å². The number of hydrogen-bond donors (Lipinski definition) is 3. The number of rotatable bonds is 3. The fourth-order valence-corrected chi connectivity index (χ4v) is 8.76. The van der Waals surface area contributed by atoms with Crippen LogP contribution in [-0.2, 0) is 53.4 Å². The zero-order valence-electron chi connectivity index (χ0n) is 23.8. The van der Waals surface area contributed by atoms with Crippen molar-refractivity contribution in [1.82, 2.24) is 34.1 Å². The normalized spacial score (nSPS) is 39.7. The number of imidazole rings is 2. The number of pyridine rings is 1. The zero-order chi connectivity index (χ0) is 32.0. The fourth-order valence-electron chi connectivity index (χ4n) is 6.26. The number of nitrogen functional groups attached to an aromatic ring is 2. The van der Waals surface area contributed by atoms with Crippen LogP contribution in [0.1, 0.15) is 12.5 Å². The molecule has 4 aromatic heterocycles. The maximum Gasteiger partial charge on any atom is 0.325 e. The van der Waals surface area contributed by atoms with Crippen molar-refractivity contribution in [2.45, 2.75) is 48.6 Å². The molecule has 4 saturated heterocycles. The summed E-state index contributed by atoms with van der Waals surface area (Å²) in [4.78, 5) is 32.6. The molecule has 0 aromatic carbocycles. The van der Waals surface area contributed by atoms with Crippen molar-refractivity contribution < 1.29 is 46.5 Å². The molecule has 19 nitrogen and oxygen atoms in total. The topological polar surface area (TPSA) is 237 Å². The summed E-state index contributed by atoms with van der Waals surface area (Å²) in [7, 11) is 3.23. The molecule has 4 fully saturated rings. The van der Waals surface area contributed by atoms with E-state index in [1.165, 1.54) is 32.3 Å². The predicted octanol–water partition coefficient (Wildman–Crippen LogP) is 0.325. The molecule has 8 heterocycles. The van der Waals surface area contributed by atoms with E-state index < -0.39 is 76.0 Å². The second-order valence-corrected chi connectivity index (χ2v) is 15.4. The minimum atomic E-state index is -4.33. The fraction of sp³-hybridized carbons (Fsp3) is 0.522. The van der Waals surface area contributed by atoms with Crippen molar-refractivity contribution in [3.05, 3.63) is 31.2 Å². The lowest BCUT2D eigenvalue weighted by Crippen LogP contribution is -2.46. The summed E-state index contributed by atoms with van der Waals surface area (Å²) in [5.41, 5.74) is 12.5. The number of hydrogen-bond acceptors (Lipinski definition) is 17. The molecule has 4 aliphatic heterocycles. The Hall–Kier alpha value is -2.65. The van der Waals surface area contributed by atoms with Gasteiger partial charge in [0.05, 0.1) is 38.2 Å². The van der Waals surface area contributed by atoms with Crippen molar-refractivity contribution >= 4 is 67.4 Å². The van der Waals surface area contributed by atoms with Crippen LogP contribution in [0.25, 0.3) is 22.3 Å². The first-order valence-electron chi connectivity index (χ1n) is 13.8. The van der Waals surface area contributed by atoms with Crippen LogP contribution < -0.4 is 11.5 Å². The van der Waals surface area contributed by atoms with Crippen molar-refractivity contribution in [3.63, 3.8) is 0 Å². The Balaban J connectivity index is 1.11. The summed E-state index contributed by atoms with van der Waals surface area (Å²) < 4.78 is 64.8. The standard InChI is InChI=1S/C23H26BN9O10P2S/c1-36-15-14-11(40-21(15)32-8-30-12-10(25)2-3-27-19(12)32)4-38-44(24,34)43-17-16-22(33-9-31-13-18(26)28-7-29-20(13)33)41-23(17,5-37-16)6-39-45(35,46)42-14/h2-3,7-9,11,14-17,21-22H,4-6H2,1H3,(H2,25,27)(H,35,46)(H2,26,28,29)/t11-,14?,15+,16?,17-,21-,22-,23-,44?,45?/m1/s1. The summed E-state index contributed by atoms with van der Waals surface area (Å²) in [6.45, 7) is -4.94. The van der Waals surface area contributed by atoms with Crippen LogP contribution in [0, 0.1) is 0 Å². The van der Waals surface area contributed by atoms with E-state index in [2.05, 4.69) is 24.9 Å². The highest BCUT2D eigenvalue weighted by Crippen LogP contribution is 2.58. The van der Waals surface area contributed by atoms with Crippen LogP contribution in [0.2, 0.25) is 0 Å². The van der Waals surface area contributed by atoms with E-state index in [1.807, 2.05) is 0 Å². The van der Waals surface area contributed by atoms with Gasteiger partial charge in [0.15, 0.2) is 29.6 Å². The van der Waals surface area contributed by atoms with Crippen LogP contribution >= 0.6 is 14.2 Å². The molecule has 46 heavy (non-hydrogen) atoms. The van der Waals surface area contributed by atoms with E-state index in [9.17, 15) is 9.46 Å². The van der Waals surface area contributed by atoms with E-state index in [0.717, 1.165) is 0 Å². The molecule has 0 amide bonds. The average molecular weight is 693 g/mol. The Bertz CT molecular complexity index is 1940. The van der Waals surface area contributed by atoms with Gasteiger partial charge in [0.1, 0.15) is 53.5 Å². The van der Waals surface area contributed by atoms with Gasteiger partial charge in [-0.1, -0.05) is 0 Å². The van der Waals surface area contributed by atoms with Gasteiger partial charge in [-0.2, -0.15) is 0 Å². The second-order valence-electron chi connectivity index (χ2n) is 11.1. The minimum absolute atomic E-state index is 0.0836. The molecule has 4 aliphatic rings. The molecule has 5 N–H and O–H groups in total. The third kappa shape index (κ3) is 4.89. The SMILES string of the molecule is [B]P1(=O)OC[C@H]2O[C@@H](n3cnc4c(N)ccnc43)[C@@H](OC)C2OP(O)(=S)OC[C@@]23COC([C@H](n4cnc5c(N)ncnc54)O2)[C@H]3O1. The number of methoxy groups -OCH3 is 1. The number of nitrogens with two attached hydrogens (primary N) is 2. The van der Waals surface area contributed by atoms with Crippen LogP contribution in [0.5, 0.6) is 0 Å². The molecular formula is C23H26BN9O10P2S. The lowest BCUT2D eigenvalue weighted by atomic mass is 10.0. The van der Waals surface area contributed by atoms with E-state index in [0.29, 0.717) is 28.0 Å². The third-order valence-electron chi connectivity index (χ3n) is 8.36. The van der Waals surface area contributed by atoms with Gasteiger partial charge in [-0.25, -0.2) is 24.9 Å². The van der Waals surface area contributed by atoms with Gasteiger partial charge in [0, 0.05) is 13.3 Å². The molecule has 23 heteroatoms. The summed E-state index contributed by atoms with van der Waals surface area (Å²) >= 11 is 5.44. The Morgan fingerprint density at radius 2 is 1.80 bits per heavy atom. The Labute approximate surface area is 265 Å². The van der Waals surface area contributed by atoms with E-state index in [-0.39, 0.29) is 12.4 Å². The van der Waals surface area contributed by atoms with Crippen molar-refractivity contribution in [1.29, 1.82) is 0 Å². The molecule has 10 atom stereocenters. The highest BCUT2D eigenvalue weighted by molar-refractivity contribution is 8.07. The van der Waals surface area contributed by atoms with Crippen molar-refractivity contribution in [2.75, 3.05) is 38.4 Å². The average Bonchev–Trinajstić information content (AvgIpc) is 3.82. The predicted molar refractivity (Wildman–Crippen MR) is 160 cm³/mol. The Morgan fingerprint density at radius 1 is 1.04 bits per heavy atom. The molecule has 242 valence electrons. The van der Waals surface area contributed by atoms with E-state index >= 15 is 0 Å². The number of anilines is 2. The summed E-state index contributed by atoms with van der Waals surface area (Å²) in [5.74, 6) is 0.168. The molecule has 0 aliphatic carbocycles. The van der Waals surface area contributed by atoms with E-state index in [4.69, 9.17) is 67.9 Å². The zero-order valence-corrected chi connectivity index (χ0v) is 26.4. The van der Waals surface area contributed by atoms with Gasteiger partial charge in [-0.05, 0) is 17.9 Å². The molecular weight excluding hydrogens is 667 g/mol. The Kier molecular flexibility index (Phi) is 7.30. The van der Waals surface area contributed by atoms with E-state index in [1.54, 1.807) is 15.2 Å². The lowest BCUT2D eigenvalue weighted by molar-refractivity contribution is -0.183. The lowest BCUT2D eigenvalue weighted by Gasteiger charge is -2.34. The maximum absolute atomic E-state index is 13.7. The number of fused-ring (bicyclic) bond motifs is 3. The van der Waals surface area contributed by atoms with Crippen molar-refractivity contribution in [3.8, 4) is 0 Å². The van der Waals surface area contributed by atoms with Gasteiger partial charge >= 0.3 is 6.72 Å². The first-order valence-corrected chi connectivity index (χ1v) is 18.0.